The third-order valence-electron chi connectivity index (χ3n) is 2.67. The molecule has 21 heavy (non-hydrogen) atoms. The fourth-order valence-corrected chi connectivity index (χ4v) is 2.47. The maximum Gasteiger partial charge on any atom is 0.339 e. The van der Waals surface area contributed by atoms with Crippen molar-refractivity contribution in [2.45, 2.75) is 19.9 Å². The zero-order valence-electron chi connectivity index (χ0n) is 11.2. The third kappa shape index (κ3) is 3.31. The van der Waals surface area contributed by atoms with E-state index in [1.54, 1.807) is 0 Å². The normalized spacial score (nSPS) is 11.9. The van der Waals surface area contributed by atoms with Crippen molar-refractivity contribution in [2.24, 2.45) is 0 Å². The molecule has 8 nitrogen and oxygen atoms in total. The van der Waals surface area contributed by atoms with Crippen molar-refractivity contribution in [3.05, 3.63) is 44.0 Å². The first-order valence-corrected chi connectivity index (χ1v) is 6.82. The van der Waals surface area contributed by atoms with Gasteiger partial charge in [-0.2, -0.15) is 0 Å². The number of carbonyl (C=O) groups is 1. The van der Waals surface area contributed by atoms with E-state index in [1.165, 1.54) is 11.3 Å². The lowest BCUT2D eigenvalue weighted by atomic mass is 10.2. The van der Waals surface area contributed by atoms with E-state index in [-0.39, 0.29) is 23.1 Å². The first-order valence-electron chi connectivity index (χ1n) is 5.94. The average Bonchev–Trinajstić information content (AvgIpc) is 2.85. The van der Waals surface area contributed by atoms with Gasteiger partial charge in [-0.15, -0.1) is 11.3 Å². The summed E-state index contributed by atoms with van der Waals surface area (Å²) in [6.07, 6.45) is 1.02. The van der Waals surface area contributed by atoms with Crippen LogP contribution in [0, 0.1) is 17.0 Å². The largest absolute Gasteiger partial charge is 0.478 e. The number of thiazole rings is 1. The summed E-state index contributed by atoms with van der Waals surface area (Å²) in [4.78, 5) is 29.3. The van der Waals surface area contributed by atoms with Gasteiger partial charge in [0.05, 0.1) is 11.0 Å². The highest BCUT2D eigenvalue weighted by Crippen LogP contribution is 2.25. The molecule has 0 amide bonds. The van der Waals surface area contributed by atoms with Gasteiger partial charge in [0.25, 0.3) is 5.69 Å². The summed E-state index contributed by atoms with van der Waals surface area (Å²) in [6, 6.07) is 0.730. The fourth-order valence-electron chi connectivity index (χ4n) is 1.67. The Morgan fingerprint density at radius 2 is 2.29 bits per heavy atom. The lowest BCUT2D eigenvalue weighted by Gasteiger charge is -2.13. The second-order valence-electron chi connectivity index (χ2n) is 4.35. The molecule has 110 valence electrons. The number of aryl methyl sites for hydroxylation is 1. The van der Waals surface area contributed by atoms with Gasteiger partial charge in [0.15, 0.2) is 0 Å². The zero-order chi connectivity index (χ0) is 15.6. The van der Waals surface area contributed by atoms with Crippen LogP contribution in [-0.4, -0.2) is 26.0 Å². The minimum atomic E-state index is -1.28. The number of hydrogen-bond donors (Lipinski definition) is 2. The maximum absolute atomic E-state index is 11.2. The predicted molar refractivity (Wildman–Crippen MR) is 76.7 cm³/mol. The van der Waals surface area contributed by atoms with Crippen LogP contribution in [0.15, 0.2) is 17.6 Å². The van der Waals surface area contributed by atoms with Crippen molar-refractivity contribution in [2.75, 3.05) is 5.32 Å². The van der Waals surface area contributed by atoms with Gasteiger partial charge in [-0.1, -0.05) is 0 Å². The van der Waals surface area contributed by atoms with Crippen LogP contribution in [0.1, 0.15) is 34.0 Å². The van der Waals surface area contributed by atoms with Gasteiger partial charge in [0, 0.05) is 17.1 Å². The minimum Gasteiger partial charge on any atom is -0.478 e. The number of nitro groups is 1. The number of anilines is 1. The van der Waals surface area contributed by atoms with Crippen molar-refractivity contribution < 1.29 is 14.8 Å². The fraction of sp³-hybridized carbons (Fsp3) is 0.250. The van der Waals surface area contributed by atoms with Crippen LogP contribution in [0.5, 0.6) is 0 Å². The van der Waals surface area contributed by atoms with Crippen molar-refractivity contribution in [1.29, 1.82) is 0 Å². The second kappa shape index (κ2) is 5.83. The molecule has 0 bridgehead atoms. The van der Waals surface area contributed by atoms with Crippen LogP contribution in [0.3, 0.4) is 0 Å². The van der Waals surface area contributed by atoms with Crippen molar-refractivity contribution in [3.8, 4) is 0 Å². The average molecular weight is 308 g/mol. The van der Waals surface area contributed by atoms with Crippen molar-refractivity contribution in [3.63, 3.8) is 0 Å². The molecule has 2 aromatic heterocycles. The second-order valence-corrected chi connectivity index (χ2v) is 5.23. The molecule has 2 heterocycles. The smallest absolute Gasteiger partial charge is 0.339 e. The molecule has 0 aromatic carbocycles. The highest BCUT2D eigenvalue weighted by Gasteiger charge is 2.20. The molecule has 0 radical (unpaired) electrons. The Morgan fingerprint density at radius 1 is 1.57 bits per heavy atom. The van der Waals surface area contributed by atoms with Crippen molar-refractivity contribution >= 4 is 28.8 Å². The first-order chi connectivity index (χ1) is 9.88. The predicted octanol–water partition coefficient (Wildman–Crippen LogP) is 2.63. The summed E-state index contributed by atoms with van der Waals surface area (Å²) < 4.78 is 0. The van der Waals surface area contributed by atoms with Crippen LogP contribution in [-0.2, 0) is 0 Å². The zero-order valence-corrected chi connectivity index (χ0v) is 12.0. The number of rotatable bonds is 5. The van der Waals surface area contributed by atoms with E-state index >= 15 is 0 Å². The number of carboxylic acids is 1. The van der Waals surface area contributed by atoms with Gasteiger partial charge in [0.2, 0.25) is 0 Å². The summed E-state index contributed by atoms with van der Waals surface area (Å²) >= 11 is 1.44. The van der Waals surface area contributed by atoms with Crippen LogP contribution >= 0.6 is 11.3 Å². The lowest BCUT2D eigenvalue weighted by Crippen LogP contribution is -2.12. The summed E-state index contributed by atoms with van der Waals surface area (Å²) in [5.74, 6) is -1.20. The molecule has 0 saturated heterocycles. The maximum atomic E-state index is 11.2. The number of hydrogen-bond acceptors (Lipinski definition) is 7. The van der Waals surface area contributed by atoms with Gasteiger partial charge in [0.1, 0.15) is 22.6 Å². The van der Waals surface area contributed by atoms with E-state index in [4.69, 9.17) is 5.11 Å². The summed E-state index contributed by atoms with van der Waals surface area (Å²) in [6.45, 7) is 3.67. The number of carboxylic acid groups (broad SMARTS) is 1. The molecule has 0 aliphatic heterocycles. The number of aromatic nitrogens is 2. The topological polar surface area (TPSA) is 118 Å². The first kappa shape index (κ1) is 14.9. The SMILES string of the molecule is Cc1csc(C(C)Nc2ncc([N+](=O)[O-])cc2C(=O)O)n1. The highest BCUT2D eigenvalue weighted by atomic mass is 32.1. The Kier molecular flexibility index (Phi) is 4.13. The molecule has 0 saturated carbocycles. The van der Waals surface area contributed by atoms with Gasteiger partial charge in [-0.05, 0) is 13.8 Å². The molecule has 0 aliphatic rings. The summed E-state index contributed by atoms with van der Waals surface area (Å²) in [5, 5.41) is 25.4. The Balaban J connectivity index is 2.31. The number of pyridine rings is 1. The standard InChI is InChI=1S/C12H12N4O4S/c1-6-5-21-11(14-6)7(2)15-10-9(12(17)18)3-8(4-13-10)16(19)20/h3-5,7H,1-2H3,(H,13,15)(H,17,18). The molecule has 9 heteroatoms. The van der Waals surface area contributed by atoms with E-state index in [1.807, 2.05) is 19.2 Å². The number of nitrogens with one attached hydrogen (secondary N) is 1. The molecule has 2 N–H and O–H groups in total. The lowest BCUT2D eigenvalue weighted by molar-refractivity contribution is -0.385. The molecule has 0 spiro atoms. The molecular formula is C12H12N4O4S. The molecule has 2 rings (SSSR count). The molecule has 2 aromatic rings. The van der Waals surface area contributed by atoms with Crippen LogP contribution in [0.2, 0.25) is 0 Å². The highest BCUT2D eigenvalue weighted by molar-refractivity contribution is 7.09. The van der Waals surface area contributed by atoms with Gasteiger partial charge in [-0.25, -0.2) is 14.8 Å². The van der Waals surface area contributed by atoms with E-state index in [0.717, 1.165) is 23.0 Å². The Bertz CT molecular complexity index is 700. The molecule has 1 unspecified atom stereocenters. The molecule has 1 atom stereocenters. The van der Waals surface area contributed by atoms with Gasteiger partial charge < -0.3 is 10.4 Å². The van der Waals surface area contributed by atoms with E-state index in [2.05, 4.69) is 15.3 Å². The van der Waals surface area contributed by atoms with Crippen molar-refractivity contribution in [1.82, 2.24) is 9.97 Å². The van der Waals surface area contributed by atoms with Gasteiger partial charge >= 0.3 is 5.97 Å². The number of nitrogens with zero attached hydrogens (tertiary/aromatic N) is 3. The quantitative estimate of drug-likeness (QED) is 0.643. The van der Waals surface area contributed by atoms with E-state index in [0.29, 0.717) is 0 Å². The van der Waals surface area contributed by atoms with Crippen LogP contribution < -0.4 is 5.32 Å². The Morgan fingerprint density at radius 3 is 2.81 bits per heavy atom. The Hall–Kier alpha value is -2.55. The molecule has 0 fully saturated rings. The van der Waals surface area contributed by atoms with Crippen LogP contribution in [0.4, 0.5) is 11.5 Å². The van der Waals surface area contributed by atoms with E-state index < -0.39 is 10.9 Å². The minimum absolute atomic E-state index is 0.0773. The monoisotopic (exact) mass is 308 g/mol. The Labute approximate surface area is 123 Å². The van der Waals surface area contributed by atoms with E-state index in [9.17, 15) is 14.9 Å². The molecular weight excluding hydrogens is 296 g/mol. The summed E-state index contributed by atoms with van der Waals surface area (Å²) in [5.41, 5.74) is 0.263. The summed E-state index contributed by atoms with van der Waals surface area (Å²) in [7, 11) is 0. The third-order valence-corrected chi connectivity index (χ3v) is 3.82. The molecule has 0 aliphatic carbocycles. The number of aromatic carboxylic acids is 1. The van der Waals surface area contributed by atoms with Gasteiger partial charge in [-0.3, -0.25) is 10.1 Å². The van der Waals surface area contributed by atoms with Crippen LogP contribution in [0.25, 0.3) is 0 Å².